The molecule has 0 saturated heterocycles. The van der Waals surface area contributed by atoms with Crippen LogP contribution in [0.1, 0.15) is 11.4 Å². The molecule has 0 bridgehead atoms. The van der Waals surface area contributed by atoms with Crippen LogP contribution in [0, 0.1) is 5.82 Å². The Morgan fingerprint density at radius 3 is 2.88 bits per heavy atom. The third-order valence-corrected chi connectivity index (χ3v) is 2.75. The monoisotopic (exact) mass is 258 g/mol. The molecule has 0 N–H and O–H groups in total. The maximum atomic E-state index is 13.5. The van der Waals surface area contributed by atoms with Crippen molar-refractivity contribution in [2.45, 2.75) is 12.4 Å². The Morgan fingerprint density at radius 2 is 2.19 bits per heavy atom. The van der Waals surface area contributed by atoms with Gasteiger partial charge in [0.25, 0.3) is 0 Å². The Bertz CT molecular complexity index is 496. The smallest absolute Gasteiger partial charge is 0.129 e. The summed E-state index contributed by atoms with van der Waals surface area (Å²) < 4.78 is 15.3. The lowest BCUT2D eigenvalue weighted by molar-refractivity contribution is 0.596. The van der Waals surface area contributed by atoms with Crippen molar-refractivity contribution in [1.29, 1.82) is 0 Å². The van der Waals surface area contributed by atoms with E-state index in [1.54, 1.807) is 29.1 Å². The van der Waals surface area contributed by atoms with Crippen LogP contribution in [-0.2, 0) is 12.4 Å². The fraction of sp³-hybridized carbons (Fsp3) is 0.182. The van der Waals surface area contributed by atoms with Crippen LogP contribution in [0.3, 0.4) is 0 Å². The Hall–Kier alpha value is -1.06. The number of hydrogen-bond acceptors (Lipinski definition) is 1. The molecule has 0 spiro atoms. The molecule has 0 fully saturated rings. The largest absolute Gasteiger partial charge is 0.329 e. The lowest BCUT2D eigenvalue weighted by atomic mass is 10.2. The van der Waals surface area contributed by atoms with E-state index in [0.29, 0.717) is 23.0 Å². The molecule has 16 heavy (non-hydrogen) atoms. The fourth-order valence-corrected chi connectivity index (χ4v) is 1.83. The normalized spacial score (nSPS) is 10.7. The molecule has 0 unspecified atom stereocenters. The van der Waals surface area contributed by atoms with Crippen molar-refractivity contribution in [3.63, 3.8) is 0 Å². The average Bonchev–Trinajstić information content (AvgIpc) is 2.69. The third-order valence-electron chi connectivity index (χ3n) is 2.28. The number of halogens is 3. The summed E-state index contributed by atoms with van der Waals surface area (Å²) in [6.07, 6.45) is 3.41. The summed E-state index contributed by atoms with van der Waals surface area (Å²) in [5.74, 6) is 0.708. The topological polar surface area (TPSA) is 17.8 Å². The first kappa shape index (κ1) is 11.4. The molecule has 1 heterocycles. The number of rotatable bonds is 3. The standard InChI is InChI=1S/C11H9Cl2FN2/c12-6-11-15-3-4-16(11)7-8-1-2-9(13)5-10(8)14/h1-5H,6-7H2. The minimum atomic E-state index is -0.318. The van der Waals surface area contributed by atoms with Crippen molar-refractivity contribution in [3.05, 3.63) is 52.8 Å². The van der Waals surface area contributed by atoms with Gasteiger partial charge in [0.05, 0.1) is 12.4 Å². The SMILES string of the molecule is Fc1cc(Cl)ccc1Cn1ccnc1CCl. The van der Waals surface area contributed by atoms with Crippen molar-refractivity contribution in [3.8, 4) is 0 Å². The van der Waals surface area contributed by atoms with E-state index in [1.807, 2.05) is 0 Å². The first-order chi connectivity index (χ1) is 7.70. The van der Waals surface area contributed by atoms with Crippen LogP contribution in [0.15, 0.2) is 30.6 Å². The number of aromatic nitrogens is 2. The van der Waals surface area contributed by atoms with Gasteiger partial charge < -0.3 is 4.57 Å². The van der Waals surface area contributed by atoms with Gasteiger partial charge in [0.2, 0.25) is 0 Å². The fourth-order valence-electron chi connectivity index (χ4n) is 1.45. The van der Waals surface area contributed by atoms with Crippen LogP contribution in [0.2, 0.25) is 5.02 Å². The Balaban J connectivity index is 2.27. The molecule has 2 nitrogen and oxygen atoms in total. The zero-order chi connectivity index (χ0) is 11.5. The van der Waals surface area contributed by atoms with E-state index in [1.165, 1.54) is 6.07 Å². The van der Waals surface area contributed by atoms with Gasteiger partial charge in [0, 0.05) is 23.0 Å². The van der Waals surface area contributed by atoms with Crippen LogP contribution in [0.25, 0.3) is 0 Å². The van der Waals surface area contributed by atoms with Gasteiger partial charge in [-0.25, -0.2) is 9.37 Å². The van der Waals surface area contributed by atoms with Crippen LogP contribution in [0.4, 0.5) is 4.39 Å². The van der Waals surface area contributed by atoms with Crippen molar-refractivity contribution < 1.29 is 4.39 Å². The summed E-state index contributed by atoms with van der Waals surface area (Å²) in [4.78, 5) is 4.06. The summed E-state index contributed by atoms with van der Waals surface area (Å²) in [7, 11) is 0. The number of imidazole rings is 1. The second-order valence-corrected chi connectivity index (χ2v) is 4.04. The van der Waals surface area contributed by atoms with Gasteiger partial charge in [-0.05, 0) is 12.1 Å². The van der Waals surface area contributed by atoms with E-state index in [2.05, 4.69) is 4.98 Å². The minimum Gasteiger partial charge on any atom is -0.329 e. The highest BCUT2D eigenvalue weighted by Gasteiger charge is 2.06. The maximum Gasteiger partial charge on any atom is 0.129 e. The molecule has 1 aromatic heterocycles. The Morgan fingerprint density at radius 1 is 1.38 bits per heavy atom. The van der Waals surface area contributed by atoms with Crippen LogP contribution in [0.5, 0.6) is 0 Å². The molecule has 0 atom stereocenters. The molecular weight excluding hydrogens is 250 g/mol. The maximum absolute atomic E-state index is 13.5. The van der Waals surface area contributed by atoms with Gasteiger partial charge in [-0.1, -0.05) is 17.7 Å². The summed E-state index contributed by atoms with van der Waals surface area (Å²) in [5, 5.41) is 0.393. The van der Waals surface area contributed by atoms with Gasteiger partial charge in [0.1, 0.15) is 11.6 Å². The number of hydrogen-bond donors (Lipinski definition) is 0. The van der Waals surface area contributed by atoms with Crippen LogP contribution >= 0.6 is 23.2 Å². The summed E-state index contributed by atoms with van der Waals surface area (Å²) >= 11 is 11.4. The van der Waals surface area contributed by atoms with Crippen LogP contribution in [-0.4, -0.2) is 9.55 Å². The molecule has 0 amide bonds. The zero-order valence-electron chi connectivity index (χ0n) is 8.33. The van der Waals surface area contributed by atoms with Crippen LogP contribution < -0.4 is 0 Å². The molecule has 84 valence electrons. The van der Waals surface area contributed by atoms with Gasteiger partial charge in [-0.15, -0.1) is 11.6 Å². The number of alkyl halides is 1. The molecule has 0 radical (unpaired) electrons. The van der Waals surface area contributed by atoms with E-state index >= 15 is 0 Å². The second kappa shape index (κ2) is 4.85. The molecule has 2 rings (SSSR count). The summed E-state index contributed by atoms with van der Waals surface area (Å²) in [6, 6.07) is 4.63. The van der Waals surface area contributed by atoms with E-state index < -0.39 is 0 Å². The van der Waals surface area contributed by atoms with Crippen molar-refractivity contribution >= 4 is 23.2 Å². The van der Waals surface area contributed by atoms with E-state index in [4.69, 9.17) is 23.2 Å². The molecule has 0 aliphatic rings. The highest BCUT2D eigenvalue weighted by Crippen LogP contribution is 2.16. The van der Waals surface area contributed by atoms with Gasteiger partial charge in [-0.2, -0.15) is 0 Å². The molecular formula is C11H9Cl2FN2. The van der Waals surface area contributed by atoms with Crippen molar-refractivity contribution in [1.82, 2.24) is 9.55 Å². The van der Waals surface area contributed by atoms with Crippen molar-refractivity contribution in [2.24, 2.45) is 0 Å². The average molecular weight is 259 g/mol. The van der Waals surface area contributed by atoms with Gasteiger partial charge in [0.15, 0.2) is 0 Å². The molecule has 2 aromatic rings. The molecule has 1 aromatic carbocycles. The minimum absolute atomic E-state index is 0.308. The number of benzene rings is 1. The number of nitrogens with zero attached hydrogens (tertiary/aromatic N) is 2. The lowest BCUT2D eigenvalue weighted by Crippen LogP contribution is -2.04. The molecule has 0 aliphatic carbocycles. The predicted molar refractivity (Wildman–Crippen MR) is 62.3 cm³/mol. The second-order valence-electron chi connectivity index (χ2n) is 3.34. The third kappa shape index (κ3) is 2.36. The Kier molecular flexibility index (Phi) is 3.46. The summed E-state index contributed by atoms with van der Waals surface area (Å²) in [5.41, 5.74) is 0.564. The first-order valence-corrected chi connectivity index (χ1v) is 5.62. The lowest BCUT2D eigenvalue weighted by Gasteiger charge is -2.07. The summed E-state index contributed by atoms with van der Waals surface area (Å²) in [6.45, 7) is 0.408. The van der Waals surface area contributed by atoms with Crippen molar-refractivity contribution in [2.75, 3.05) is 0 Å². The zero-order valence-corrected chi connectivity index (χ0v) is 9.84. The van der Waals surface area contributed by atoms with E-state index in [0.717, 1.165) is 5.82 Å². The highest BCUT2D eigenvalue weighted by atomic mass is 35.5. The highest BCUT2D eigenvalue weighted by molar-refractivity contribution is 6.30. The predicted octanol–water partition coefficient (Wildman–Crippen LogP) is 3.46. The molecule has 0 saturated carbocycles. The Labute approximate surface area is 103 Å². The van der Waals surface area contributed by atoms with E-state index in [9.17, 15) is 4.39 Å². The van der Waals surface area contributed by atoms with Gasteiger partial charge >= 0.3 is 0 Å². The molecule has 5 heteroatoms. The first-order valence-electron chi connectivity index (χ1n) is 4.70. The quantitative estimate of drug-likeness (QED) is 0.772. The van der Waals surface area contributed by atoms with Gasteiger partial charge in [-0.3, -0.25) is 0 Å². The van der Waals surface area contributed by atoms with E-state index in [-0.39, 0.29) is 5.82 Å². The molecule has 0 aliphatic heterocycles.